The van der Waals surface area contributed by atoms with Crippen LogP contribution in [0.3, 0.4) is 0 Å². The lowest BCUT2D eigenvalue weighted by Gasteiger charge is -2.16. The van der Waals surface area contributed by atoms with E-state index in [9.17, 15) is 0 Å². The van der Waals surface area contributed by atoms with Gasteiger partial charge in [0.2, 0.25) is 0 Å². The van der Waals surface area contributed by atoms with Gasteiger partial charge >= 0.3 is 0 Å². The van der Waals surface area contributed by atoms with Crippen LogP contribution >= 0.6 is 11.8 Å². The molecule has 3 heteroatoms. The molecule has 0 saturated carbocycles. The highest BCUT2D eigenvalue weighted by atomic mass is 32.2. The Hall–Kier alpha value is -0.670. The minimum atomic E-state index is 0.338. The predicted octanol–water partition coefficient (Wildman–Crippen LogP) is 3.56. The molecule has 1 aromatic carbocycles. The molecule has 0 heterocycles. The Bertz CT molecular complexity index is 317. The second-order valence-corrected chi connectivity index (χ2v) is 5.18. The molecule has 0 aliphatic heterocycles. The van der Waals surface area contributed by atoms with E-state index in [0.29, 0.717) is 11.3 Å². The summed E-state index contributed by atoms with van der Waals surface area (Å²) in [6, 6.07) is 8.93. The third kappa shape index (κ3) is 4.06. The lowest BCUT2D eigenvalue weighted by molar-refractivity contribution is 0.190. The smallest absolute Gasteiger partial charge is 0.0661 e. The topological polar surface area (TPSA) is 21.3 Å². The number of nitrogens with one attached hydrogen (secondary N) is 1. The molecule has 1 rings (SSSR count). The Balaban J connectivity index is 2.67. The molecule has 16 heavy (non-hydrogen) atoms. The van der Waals surface area contributed by atoms with Crippen molar-refractivity contribution in [2.24, 2.45) is 0 Å². The molecular weight excluding hydrogens is 218 g/mol. The zero-order chi connectivity index (χ0) is 12.0. The standard InChI is InChI=1S/C13H21NOS/c1-10(9-15-3)14-13-7-5-6-12(8-13)11(2)16-4/h5-8,10-11,14H,9H2,1-4H3. The van der Waals surface area contributed by atoms with Crippen LogP contribution in [0.1, 0.15) is 24.7 Å². The van der Waals surface area contributed by atoms with Gasteiger partial charge in [-0.25, -0.2) is 0 Å². The second kappa shape index (κ2) is 6.81. The van der Waals surface area contributed by atoms with Gasteiger partial charge in [-0.05, 0) is 37.8 Å². The van der Waals surface area contributed by atoms with E-state index in [-0.39, 0.29) is 0 Å². The van der Waals surface area contributed by atoms with Crippen LogP contribution in [0.25, 0.3) is 0 Å². The fraction of sp³-hybridized carbons (Fsp3) is 0.538. The fourth-order valence-corrected chi connectivity index (χ4v) is 2.01. The van der Waals surface area contributed by atoms with E-state index in [0.717, 1.165) is 6.61 Å². The molecule has 0 fully saturated rings. The monoisotopic (exact) mass is 239 g/mol. The minimum Gasteiger partial charge on any atom is -0.383 e. The molecule has 0 radical (unpaired) electrons. The molecule has 0 amide bonds. The van der Waals surface area contributed by atoms with Gasteiger partial charge < -0.3 is 10.1 Å². The average Bonchev–Trinajstić information content (AvgIpc) is 2.28. The first-order valence-corrected chi connectivity index (χ1v) is 6.84. The SMILES string of the molecule is COCC(C)Nc1cccc(C(C)SC)c1. The predicted molar refractivity (Wildman–Crippen MR) is 73.3 cm³/mol. The van der Waals surface area contributed by atoms with E-state index in [4.69, 9.17) is 4.74 Å². The Morgan fingerprint density at radius 3 is 2.75 bits per heavy atom. The van der Waals surface area contributed by atoms with Crippen molar-refractivity contribution in [1.82, 2.24) is 0 Å². The van der Waals surface area contributed by atoms with Gasteiger partial charge in [0.15, 0.2) is 0 Å². The van der Waals surface area contributed by atoms with Crippen LogP contribution in [0.4, 0.5) is 5.69 Å². The number of methoxy groups -OCH3 is 1. The van der Waals surface area contributed by atoms with Crippen molar-refractivity contribution in [3.05, 3.63) is 29.8 Å². The molecule has 0 aliphatic carbocycles. The van der Waals surface area contributed by atoms with Crippen molar-refractivity contribution in [3.63, 3.8) is 0 Å². The summed E-state index contributed by atoms with van der Waals surface area (Å²) in [7, 11) is 1.73. The molecule has 1 aromatic rings. The third-order valence-electron chi connectivity index (χ3n) is 2.54. The Morgan fingerprint density at radius 1 is 1.38 bits per heavy atom. The quantitative estimate of drug-likeness (QED) is 0.820. The maximum atomic E-state index is 5.11. The fourth-order valence-electron chi connectivity index (χ4n) is 1.59. The minimum absolute atomic E-state index is 0.338. The number of thioether (sulfide) groups is 1. The lowest BCUT2D eigenvalue weighted by atomic mass is 10.1. The molecule has 0 bridgehead atoms. The molecule has 0 spiro atoms. The number of hydrogen-bond acceptors (Lipinski definition) is 3. The zero-order valence-corrected chi connectivity index (χ0v) is 11.3. The number of rotatable bonds is 6. The van der Waals surface area contributed by atoms with Crippen molar-refractivity contribution in [3.8, 4) is 0 Å². The van der Waals surface area contributed by atoms with E-state index in [1.54, 1.807) is 7.11 Å². The average molecular weight is 239 g/mol. The molecule has 2 atom stereocenters. The van der Waals surface area contributed by atoms with Crippen LogP contribution in [0.5, 0.6) is 0 Å². The van der Waals surface area contributed by atoms with Gasteiger partial charge in [0.05, 0.1) is 6.61 Å². The van der Waals surface area contributed by atoms with Gasteiger partial charge in [-0.15, -0.1) is 0 Å². The van der Waals surface area contributed by atoms with Crippen LogP contribution in [0, 0.1) is 0 Å². The summed E-state index contributed by atoms with van der Waals surface area (Å²) in [5, 5.41) is 3.97. The van der Waals surface area contributed by atoms with Gasteiger partial charge in [-0.1, -0.05) is 12.1 Å². The van der Waals surface area contributed by atoms with Gasteiger partial charge in [-0.3, -0.25) is 0 Å². The van der Waals surface area contributed by atoms with Gasteiger partial charge in [-0.2, -0.15) is 11.8 Å². The van der Waals surface area contributed by atoms with E-state index in [1.807, 2.05) is 11.8 Å². The van der Waals surface area contributed by atoms with Crippen LogP contribution in [0.15, 0.2) is 24.3 Å². The molecular formula is C13H21NOS. The maximum absolute atomic E-state index is 5.11. The van der Waals surface area contributed by atoms with Gasteiger partial charge in [0.1, 0.15) is 0 Å². The molecule has 1 N–H and O–H groups in total. The van der Waals surface area contributed by atoms with Crippen molar-refractivity contribution in [2.75, 3.05) is 25.3 Å². The van der Waals surface area contributed by atoms with Gasteiger partial charge in [0, 0.05) is 24.1 Å². The third-order valence-corrected chi connectivity index (χ3v) is 3.52. The maximum Gasteiger partial charge on any atom is 0.0661 e. The Labute approximate surface area is 103 Å². The number of ether oxygens (including phenoxy) is 1. The summed E-state index contributed by atoms with van der Waals surface area (Å²) in [4.78, 5) is 0. The molecule has 2 nitrogen and oxygen atoms in total. The van der Waals surface area contributed by atoms with E-state index < -0.39 is 0 Å². The normalized spacial score (nSPS) is 14.5. The molecule has 0 aliphatic rings. The first kappa shape index (κ1) is 13.4. The number of anilines is 1. The summed E-state index contributed by atoms with van der Waals surface area (Å²) < 4.78 is 5.11. The van der Waals surface area contributed by atoms with Crippen molar-refractivity contribution in [1.29, 1.82) is 0 Å². The summed E-state index contributed by atoms with van der Waals surface area (Å²) in [5.41, 5.74) is 2.53. The largest absolute Gasteiger partial charge is 0.383 e. The van der Waals surface area contributed by atoms with Crippen LogP contribution in [-0.4, -0.2) is 26.0 Å². The summed E-state index contributed by atoms with van der Waals surface area (Å²) in [6.07, 6.45) is 2.14. The van der Waals surface area contributed by atoms with E-state index in [1.165, 1.54) is 11.3 Å². The zero-order valence-electron chi connectivity index (χ0n) is 10.5. The summed E-state index contributed by atoms with van der Waals surface area (Å²) in [6.45, 7) is 5.07. The highest BCUT2D eigenvalue weighted by molar-refractivity contribution is 7.98. The molecule has 2 unspecified atom stereocenters. The molecule has 0 aromatic heterocycles. The van der Waals surface area contributed by atoms with Crippen LogP contribution in [-0.2, 0) is 4.74 Å². The Kier molecular flexibility index (Phi) is 5.71. The highest BCUT2D eigenvalue weighted by Gasteiger charge is 2.05. The number of benzene rings is 1. The highest BCUT2D eigenvalue weighted by Crippen LogP contribution is 2.27. The lowest BCUT2D eigenvalue weighted by Crippen LogP contribution is -2.20. The van der Waals surface area contributed by atoms with Crippen LogP contribution < -0.4 is 5.32 Å². The second-order valence-electron chi connectivity index (χ2n) is 4.00. The van der Waals surface area contributed by atoms with E-state index in [2.05, 4.69) is 49.7 Å². The number of hydrogen-bond donors (Lipinski definition) is 1. The van der Waals surface area contributed by atoms with Crippen molar-refractivity contribution < 1.29 is 4.74 Å². The van der Waals surface area contributed by atoms with Crippen molar-refractivity contribution >= 4 is 17.4 Å². The van der Waals surface area contributed by atoms with Gasteiger partial charge in [0.25, 0.3) is 0 Å². The first-order valence-electron chi connectivity index (χ1n) is 5.55. The summed E-state index contributed by atoms with van der Waals surface area (Å²) in [5.74, 6) is 0. The summed E-state index contributed by atoms with van der Waals surface area (Å²) >= 11 is 1.86. The van der Waals surface area contributed by atoms with Crippen LogP contribution in [0.2, 0.25) is 0 Å². The Morgan fingerprint density at radius 2 is 2.12 bits per heavy atom. The van der Waals surface area contributed by atoms with Crippen molar-refractivity contribution in [2.45, 2.75) is 25.1 Å². The molecule has 0 saturated heterocycles. The molecule has 90 valence electrons. The first-order chi connectivity index (χ1) is 7.67. The van der Waals surface area contributed by atoms with E-state index >= 15 is 0 Å².